The fraction of sp³-hybridized carbons (Fsp3) is 0.636. The molecule has 2 nitrogen and oxygen atoms in total. The third kappa shape index (κ3) is 3.20. The van der Waals surface area contributed by atoms with E-state index in [2.05, 4.69) is 0 Å². The maximum atomic E-state index is 12.4. The van der Waals surface area contributed by atoms with Crippen LogP contribution in [0.4, 0.5) is 13.2 Å². The van der Waals surface area contributed by atoms with Crippen LogP contribution < -0.4 is 5.73 Å². The van der Waals surface area contributed by atoms with Gasteiger partial charge in [0.25, 0.3) is 0 Å². The van der Waals surface area contributed by atoms with Gasteiger partial charge in [-0.3, -0.25) is 0 Å². The minimum Gasteiger partial charge on any atom is -0.372 e. The van der Waals surface area contributed by atoms with E-state index in [4.69, 9.17) is 10.5 Å². The zero-order valence-electron chi connectivity index (χ0n) is 9.80. The summed E-state index contributed by atoms with van der Waals surface area (Å²) in [5.41, 5.74) is 6.05. The minimum atomic E-state index is -4.26. The highest BCUT2D eigenvalue weighted by Crippen LogP contribution is 2.40. The van der Waals surface area contributed by atoms with Crippen LogP contribution in [0, 0.1) is 0 Å². The maximum absolute atomic E-state index is 12.4. The van der Waals surface area contributed by atoms with Crippen molar-refractivity contribution in [2.75, 3.05) is 13.2 Å². The Morgan fingerprint density at radius 2 is 2.12 bits per heavy atom. The first-order valence-electron chi connectivity index (χ1n) is 5.54. The summed E-state index contributed by atoms with van der Waals surface area (Å²) in [6, 6.07) is 1.16. The highest BCUT2D eigenvalue weighted by Gasteiger charge is 2.35. The molecule has 1 aromatic heterocycles. The van der Waals surface area contributed by atoms with E-state index in [1.165, 1.54) is 0 Å². The topological polar surface area (TPSA) is 35.2 Å². The molecule has 98 valence electrons. The van der Waals surface area contributed by atoms with Gasteiger partial charge in [-0.1, -0.05) is 13.8 Å². The predicted molar refractivity (Wildman–Crippen MR) is 62.1 cm³/mol. The summed E-state index contributed by atoms with van der Waals surface area (Å²) in [6.07, 6.45) is -4.09. The first-order chi connectivity index (χ1) is 8.02. The van der Waals surface area contributed by atoms with Crippen LogP contribution in [0.2, 0.25) is 0 Å². The Hall–Kier alpha value is -0.590. The van der Waals surface area contributed by atoms with Crippen molar-refractivity contribution in [1.29, 1.82) is 0 Å². The van der Waals surface area contributed by atoms with Gasteiger partial charge in [0.05, 0.1) is 12.7 Å². The molecule has 0 bridgehead atoms. The molecule has 0 amide bonds. The largest absolute Gasteiger partial charge is 0.425 e. The minimum absolute atomic E-state index is 0.223. The molecule has 2 rings (SSSR count). The smallest absolute Gasteiger partial charge is 0.372 e. The van der Waals surface area contributed by atoms with Crippen LogP contribution in [0.3, 0.4) is 0 Å². The molecular formula is C11H16F3NOS. The number of ether oxygens (including phenoxy) is 1. The van der Waals surface area contributed by atoms with Gasteiger partial charge in [0, 0.05) is 17.8 Å². The van der Waals surface area contributed by atoms with Crippen molar-refractivity contribution >= 4 is 11.3 Å². The Balaban J connectivity index is 0.000000686. The van der Waals surface area contributed by atoms with Gasteiger partial charge in [0.15, 0.2) is 0 Å². The van der Waals surface area contributed by atoms with E-state index in [1.807, 2.05) is 13.8 Å². The number of alkyl halides is 3. The van der Waals surface area contributed by atoms with E-state index in [1.54, 1.807) is 0 Å². The van der Waals surface area contributed by atoms with Gasteiger partial charge < -0.3 is 10.5 Å². The number of hydrogen-bond donors (Lipinski definition) is 1. The zero-order valence-corrected chi connectivity index (χ0v) is 10.6. The van der Waals surface area contributed by atoms with Crippen molar-refractivity contribution < 1.29 is 17.9 Å². The fourth-order valence-electron chi connectivity index (χ4n) is 1.63. The second kappa shape index (κ2) is 5.84. The Labute approximate surface area is 103 Å². The standard InChI is InChI=1S/C9H10F3NOS.C2H6/c10-9(11,12)8-3-5-6(4-13)14-2-1-7(5)15-8;1-2/h3,6H,1-2,4,13H2;1-2H3. The molecule has 6 heteroatoms. The van der Waals surface area contributed by atoms with E-state index in [0.717, 1.165) is 22.3 Å². The van der Waals surface area contributed by atoms with Gasteiger partial charge in [-0.05, 0) is 11.6 Å². The van der Waals surface area contributed by atoms with E-state index >= 15 is 0 Å². The van der Waals surface area contributed by atoms with Crippen molar-refractivity contribution in [1.82, 2.24) is 0 Å². The molecular weight excluding hydrogens is 251 g/mol. The zero-order chi connectivity index (χ0) is 13.1. The lowest BCUT2D eigenvalue weighted by Crippen LogP contribution is -2.21. The van der Waals surface area contributed by atoms with E-state index < -0.39 is 11.1 Å². The van der Waals surface area contributed by atoms with Gasteiger partial charge in [0.1, 0.15) is 4.88 Å². The monoisotopic (exact) mass is 267 g/mol. The summed E-state index contributed by atoms with van der Waals surface area (Å²) in [4.78, 5) is 0.195. The molecule has 2 N–H and O–H groups in total. The second-order valence-electron chi connectivity index (χ2n) is 3.33. The van der Waals surface area contributed by atoms with E-state index in [0.29, 0.717) is 18.6 Å². The average molecular weight is 267 g/mol. The Kier molecular flexibility index (Phi) is 4.97. The summed E-state index contributed by atoms with van der Waals surface area (Å²) < 4.78 is 42.6. The number of nitrogens with two attached hydrogens (primary N) is 1. The quantitative estimate of drug-likeness (QED) is 0.846. The molecule has 1 aliphatic heterocycles. The van der Waals surface area contributed by atoms with Gasteiger partial charge in [-0.2, -0.15) is 13.2 Å². The Morgan fingerprint density at radius 3 is 2.65 bits per heavy atom. The molecule has 1 atom stereocenters. The van der Waals surface area contributed by atoms with E-state index in [9.17, 15) is 13.2 Å². The van der Waals surface area contributed by atoms with Crippen LogP contribution in [0.1, 0.15) is 35.3 Å². The van der Waals surface area contributed by atoms with Crippen molar-refractivity contribution in [3.8, 4) is 0 Å². The van der Waals surface area contributed by atoms with Gasteiger partial charge in [-0.15, -0.1) is 11.3 Å². The van der Waals surface area contributed by atoms with Crippen LogP contribution in [-0.4, -0.2) is 13.2 Å². The summed E-state index contributed by atoms with van der Waals surface area (Å²) in [6.45, 7) is 4.67. The second-order valence-corrected chi connectivity index (χ2v) is 4.47. The number of fused-ring (bicyclic) bond motifs is 1. The van der Waals surface area contributed by atoms with Crippen molar-refractivity contribution in [3.63, 3.8) is 0 Å². The summed E-state index contributed by atoms with van der Waals surface area (Å²) in [7, 11) is 0. The normalized spacial score (nSPS) is 19.3. The van der Waals surface area contributed by atoms with Crippen LogP contribution in [0.25, 0.3) is 0 Å². The molecule has 0 fully saturated rings. The summed E-state index contributed by atoms with van der Waals surface area (Å²) in [5.74, 6) is 0. The average Bonchev–Trinajstić information content (AvgIpc) is 2.74. The highest BCUT2D eigenvalue weighted by molar-refractivity contribution is 7.12. The number of thiophene rings is 1. The van der Waals surface area contributed by atoms with Gasteiger partial charge >= 0.3 is 6.18 Å². The number of halogens is 3. The van der Waals surface area contributed by atoms with Gasteiger partial charge in [-0.25, -0.2) is 0 Å². The molecule has 0 spiro atoms. The maximum Gasteiger partial charge on any atom is 0.425 e. The van der Waals surface area contributed by atoms with Gasteiger partial charge in [0.2, 0.25) is 0 Å². The molecule has 2 heterocycles. The van der Waals surface area contributed by atoms with Crippen LogP contribution >= 0.6 is 11.3 Å². The summed E-state index contributed by atoms with van der Waals surface area (Å²) in [5, 5.41) is 0. The summed E-state index contributed by atoms with van der Waals surface area (Å²) >= 11 is 0.801. The third-order valence-corrected chi connectivity index (χ3v) is 3.59. The molecule has 0 aromatic carbocycles. The molecule has 1 aromatic rings. The molecule has 0 saturated heterocycles. The molecule has 0 aliphatic carbocycles. The lowest BCUT2D eigenvalue weighted by atomic mass is 10.1. The van der Waals surface area contributed by atoms with Crippen molar-refractivity contribution in [2.24, 2.45) is 5.73 Å². The SMILES string of the molecule is CC.NCC1OCCc2sc(C(F)(F)F)cc21. The van der Waals surface area contributed by atoms with Crippen LogP contribution in [0.15, 0.2) is 6.07 Å². The number of rotatable bonds is 1. The lowest BCUT2D eigenvalue weighted by molar-refractivity contribution is -0.134. The highest BCUT2D eigenvalue weighted by atomic mass is 32.1. The first kappa shape index (κ1) is 14.5. The fourth-order valence-corrected chi connectivity index (χ4v) is 2.69. The molecule has 0 saturated carbocycles. The van der Waals surface area contributed by atoms with Crippen LogP contribution in [-0.2, 0) is 17.3 Å². The lowest BCUT2D eigenvalue weighted by Gasteiger charge is -2.21. The van der Waals surface area contributed by atoms with E-state index in [-0.39, 0.29) is 12.6 Å². The Bertz CT molecular complexity index is 362. The van der Waals surface area contributed by atoms with Crippen molar-refractivity contribution in [2.45, 2.75) is 32.5 Å². The Morgan fingerprint density at radius 1 is 1.47 bits per heavy atom. The molecule has 17 heavy (non-hydrogen) atoms. The molecule has 0 radical (unpaired) electrons. The third-order valence-electron chi connectivity index (χ3n) is 2.33. The molecule has 1 aliphatic rings. The predicted octanol–water partition coefficient (Wildman–Crippen LogP) is 3.37. The molecule has 1 unspecified atom stereocenters. The van der Waals surface area contributed by atoms with Crippen LogP contribution in [0.5, 0.6) is 0 Å². The van der Waals surface area contributed by atoms with Crippen molar-refractivity contribution in [3.05, 3.63) is 21.4 Å². The number of hydrogen-bond acceptors (Lipinski definition) is 3. The first-order valence-corrected chi connectivity index (χ1v) is 6.35.